The van der Waals surface area contributed by atoms with Gasteiger partial charge in [-0.2, -0.15) is 0 Å². The van der Waals surface area contributed by atoms with Crippen LogP contribution in [0.2, 0.25) is 0 Å². The molecule has 0 aliphatic heterocycles. The van der Waals surface area contributed by atoms with Gasteiger partial charge in [-0.1, -0.05) is 13.0 Å². The zero-order chi connectivity index (χ0) is 11.4. The van der Waals surface area contributed by atoms with E-state index in [2.05, 4.69) is 15.9 Å². The molecule has 15 heavy (non-hydrogen) atoms. The summed E-state index contributed by atoms with van der Waals surface area (Å²) in [5, 5.41) is 0. The Morgan fingerprint density at radius 2 is 2.27 bits per heavy atom. The van der Waals surface area contributed by atoms with Crippen LogP contribution in [0.25, 0.3) is 0 Å². The molecule has 0 aromatic heterocycles. The lowest BCUT2D eigenvalue weighted by atomic mass is 10.0. The van der Waals surface area contributed by atoms with Crippen molar-refractivity contribution in [3.05, 3.63) is 34.1 Å². The summed E-state index contributed by atoms with van der Waals surface area (Å²) in [5.41, 5.74) is 6.37. The van der Waals surface area contributed by atoms with Gasteiger partial charge in [0.2, 0.25) is 0 Å². The highest BCUT2D eigenvalue weighted by atomic mass is 79.9. The van der Waals surface area contributed by atoms with Crippen molar-refractivity contribution < 1.29 is 9.18 Å². The van der Waals surface area contributed by atoms with Crippen LogP contribution >= 0.6 is 15.9 Å². The van der Waals surface area contributed by atoms with E-state index in [9.17, 15) is 9.18 Å². The number of nitrogens with two attached hydrogens (primary N) is 1. The summed E-state index contributed by atoms with van der Waals surface area (Å²) in [6.45, 7) is 1.86. The van der Waals surface area contributed by atoms with Crippen LogP contribution in [0.15, 0.2) is 22.7 Å². The highest BCUT2D eigenvalue weighted by Crippen LogP contribution is 2.17. The number of carbonyl (C=O) groups excluding carboxylic acids is 1. The Kier molecular flexibility index (Phi) is 4.42. The number of hydrogen-bond donors (Lipinski definition) is 1. The van der Waals surface area contributed by atoms with E-state index in [0.29, 0.717) is 10.9 Å². The number of ketones is 1. The first-order valence-electron chi connectivity index (χ1n) is 4.76. The fourth-order valence-corrected chi connectivity index (χ4v) is 1.64. The number of benzene rings is 1. The molecule has 0 aliphatic rings. The number of Topliss-reactive ketones (excluding diaryl/α,β-unsaturated/α-hetero) is 1. The van der Waals surface area contributed by atoms with Gasteiger partial charge in [0.15, 0.2) is 5.78 Å². The van der Waals surface area contributed by atoms with E-state index < -0.39 is 6.04 Å². The van der Waals surface area contributed by atoms with Crippen molar-refractivity contribution in [3.8, 4) is 0 Å². The van der Waals surface area contributed by atoms with Gasteiger partial charge in [0, 0.05) is 6.42 Å². The third-order valence-corrected chi connectivity index (χ3v) is 2.82. The van der Waals surface area contributed by atoms with Crippen molar-refractivity contribution in [2.45, 2.75) is 25.8 Å². The fourth-order valence-electron chi connectivity index (χ4n) is 1.21. The van der Waals surface area contributed by atoms with E-state index >= 15 is 0 Å². The molecule has 0 heterocycles. The van der Waals surface area contributed by atoms with Crippen LogP contribution in [0.3, 0.4) is 0 Å². The van der Waals surface area contributed by atoms with Crippen LogP contribution in [-0.2, 0) is 11.2 Å². The molecule has 0 saturated carbocycles. The van der Waals surface area contributed by atoms with Gasteiger partial charge in [-0.25, -0.2) is 4.39 Å². The van der Waals surface area contributed by atoms with Gasteiger partial charge in [0.1, 0.15) is 5.82 Å². The van der Waals surface area contributed by atoms with Crippen molar-refractivity contribution in [1.82, 2.24) is 0 Å². The number of hydrogen-bond acceptors (Lipinski definition) is 2. The normalized spacial score (nSPS) is 12.5. The molecule has 0 aliphatic carbocycles. The molecule has 1 unspecified atom stereocenters. The van der Waals surface area contributed by atoms with E-state index in [4.69, 9.17) is 5.73 Å². The lowest BCUT2D eigenvalue weighted by molar-refractivity contribution is -0.119. The van der Waals surface area contributed by atoms with Gasteiger partial charge >= 0.3 is 0 Å². The lowest BCUT2D eigenvalue weighted by Crippen LogP contribution is -2.30. The molecule has 1 aromatic rings. The quantitative estimate of drug-likeness (QED) is 0.916. The Morgan fingerprint density at radius 3 is 2.80 bits per heavy atom. The average Bonchev–Trinajstić information content (AvgIpc) is 2.22. The number of halogens is 2. The second-order valence-electron chi connectivity index (χ2n) is 3.41. The predicted octanol–water partition coefficient (Wildman–Crippen LogP) is 2.44. The topological polar surface area (TPSA) is 43.1 Å². The number of rotatable bonds is 4. The highest BCUT2D eigenvalue weighted by Gasteiger charge is 2.12. The molecular weight excluding hydrogens is 261 g/mol. The fraction of sp³-hybridized carbons (Fsp3) is 0.364. The molecule has 2 N–H and O–H groups in total. The monoisotopic (exact) mass is 273 g/mol. The molecule has 0 bridgehead atoms. The van der Waals surface area contributed by atoms with E-state index in [1.807, 2.05) is 6.92 Å². The molecule has 0 saturated heterocycles. The molecule has 82 valence electrons. The van der Waals surface area contributed by atoms with Gasteiger partial charge < -0.3 is 5.73 Å². The van der Waals surface area contributed by atoms with Gasteiger partial charge in [0.25, 0.3) is 0 Å². The third kappa shape index (κ3) is 3.39. The largest absolute Gasteiger partial charge is 0.322 e. The minimum Gasteiger partial charge on any atom is -0.322 e. The van der Waals surface area contributed by atoms with Crippen molar-refractivity contribution in [2.24, 2.45) is 5.73 Å². The minimum atomic E-state index is -0.422. The first kappa shape index (κ1) is 12.3. The summed E-state index contributed by atoms with van der Waals surface area (Å²) in [7, 11) is 0. The van der Waals surface area contributed by atoms with Crippen LogP contribution in [0.1, 0.15) is 18.9 Å². The average molecular weight is 274 g/mol. The standard InChI is InChI=1S/C11H13BrFNO/c1-2-10(14)11(15)6-7-3-4-9(13)8(12)5-7/h3-5,10H,2,6,14H2,1H3. The summed E-state index contributed by atoms with van der Waals surface area (Å²) in [6, 6.07) is 4.12. The van der Waals surface area contributed by atoms with Crippen molar-refractivity contribution in [2.75, 3.05) is 0 Å². The Labute approximate surface area is 96.8 Å². The molecule has 2 nitrogen and oxygen atoms in total. The maximum Gasteiger partial charge on any atom is 0.153 e. The predicted molar refractivity (Wildman–Crippen MR) is 61.1 cm³/mol. The van der Waals surface area contributed by atoms with E-state index in [-0.39, 0.29) is 18.0 Å². The van der Waals surface area contributed by atoms with Gasteiger partial charge in [0.05, 0.1) is 10.5 Å². The van der Waals surface area contributed by atoms with Gasteiger partial charge in [-0.05, 0) is 40.0 Å². The van der Waals surface area contributed by atoms with E-state index in [0.717, 1.165) is 5.56 Å². The molecule has 1 aromatic carbocycles. The molecule has 4 heteroatoms. The SMILES string of the molecule is CCC(N)C(=O)Cc1ccc(F)c(Br)c1. The molecular formula is C11H13BrFNO. The van der Waals surface area contributed by atoms with Crippen LogP contribution in [-0.4, -0.2) is 11.8 Å². The Hall–Kier alpha value is -0.740. The zero-order valence-corrected chi connectivity index (χ0v) is 10.1. The van der Waals surface area contributed by atoms with E-state index in [1.165, 1.54) is 6.07 Å². The Balaban J connectivity index is 2.73. The summed E-state index contributed by atoms with van der Waals surface area (Å²) in [5.74, 6) is -0.345. The van der Waals surface area contributed by atoms with Crippen LogP contribution in [0.4, 0.5) is 4.39 Å². The second kappa shape index (κ2) is 5.37. The van der Waals surface area contributed by atoms with Crippen LogP contribution in [0.5, 0.6) is 0 Å². The first-order valence-corrected chi connectivity index (χ1v) is 5.56. The minimum absolute atomic E-state index is 0.0176. The Morgan fingerprint density at radius 1 is 1.60 bits per heavy atom. The molecule has 0 amide bonds. The van der Waals surface area contributed by atoms with Gasteiger partial charge in [-0.3, -0.25) is 4.79 Å². The third-order valence-electron chi connectivity index (χ3n) is 2.22. The molecule has 0 fully saturated rings. The number of carbonyl (C=O) groups is 1. The summed E-state index contributed by atoms with van der Waals surface area (Å²) in [6.07, 6.45) is 0.884. The first-order chi connectivity index (χ1) is 7.04. The molecule has 1 rings (SSSR count). The molecule has 0 spiro atoms. The van der Waals surface area contributed by atoms with Crippen molar-refractivity contribution in [3.63, 3.8) is 0 Å². The van der Waals surface area contributed by atoms with Crippen molar-refractivity contribution >= 4 is 21.7 Å². The Bertz CT molecular complexity index is 368. The molecule has 0 radical (unpaired) electrons. The summed E-state index contributed by atoms with van der Waals surface area (Å²) >= 11 is 3.07. The molecule has 1 atom stereocenters. The summed E-state index contributed by atoms with van der Waals surface area (Å²) < 4.78 is 13.3. The maximum absolute atomic E-state index is 12.9. The highest BCUT2D eigenvalue weighted by molar-refractivity contribution is 9.10. The lowest BCUT2D eigenvalue weighted by Gasteiger charge is -2.07. The smallest absolute Gasteiger partial charge is 0.153 e. The van der Waals surface area contributed by atoms with Crippen LogP contribution in [0, 0.1) is 5.82 Å². The van der Waals surface area contributed by atoms with Gasteiger partial charge in [-0.15, -0.1) is 0 Å². The summed E-state index contributed by atoms with van der Waals surface area (Å²) in [4.78, 5) is 11.5. The second-order valence-corrected chi connectivity index (χ2v) is 4.26. The van der Waals surface area contributed by atoms with Crippen LogP contribution < -0.4 is 5.73 Å². The maximum atomic E-state index is 12.9. The van der Waals surface area contributed by atoms with E-state index in [1.54, 1.807) is 12.1 Å². The zero-order valence-electron chi connectivity index (χ0n) is 8.47. The van der Waals surface area contributed by atoms with Crippen molar-refractivity contribution in [1.29, 1.82) is 0 Å².